The first-order valence-electron chi connectivity index (χ1n) is 9.41. The number of benzene rings is 1. The molecule has 2 heterocycles. The van der Waals surface area contributed by atoms with Crippen LogP contribution >= 0.6 is 0 Å². The average Bonchev–Trinajstić information content (AvgIpc) is 3.03. The number of rotatable bonds is 6. The first kappa shape index (κ1) is 19.1. The van der Waals surface area contributed by atoms with Crippen LogP contribution in [0.15, 0.2) is 24.3 Å². The highest BCUT2D eigenvalue weighted by molar-refractivity contribution is 6.05. The van der Waals surface area contributed by atoms with Crippen LogP contribution in [0, 0.1) is 11.7 Å². The highest BCUT2D eigenvalue weighted by Crippen LogP contribution is 2.23. The molecular formula is C20H25FN4O2. The van der Waals surface area contributed by atoms with E-state index in [0.717, 1.165) is 25.0 Å². The number of aromatic nitrogens is 2. The van der Waals surface area contributed by atoms with Crippen molar-refractivity contribution >= 4 is 17.5 Å². The fourth-order valence-electron chi connectivity index (χ4n) is 3.20. The fourth-order valence-corrected chi connectivity index (χ4v) is 3.20. The van der Waals surface area contributed by atoms with Gasteiger partial charge in [-0.2, -0.15) is 0 Å². The largest absolute Gasteiger partial charge is 0.349 e. The normalized spacial score (nSPS) is 13.3. The monoisotopic (exact) mass is 372 g/mol. The van der Waals surface area contributed by atoms with E-state index < -0.39 is 11.7 Å². The number of carbonyl (C=O) groups excluding carboxylic acids is 2. The third kappa shape index (κ3) is 4.35. The summed E-state index contributed by atoms with van der Waals surface area (Å²) < 4.78 is 15.7. The topological polar surface area (TPSA) is 76.0 Å². The summed E-state index contributed by atoms with van der Waals surface area (Å²) in [6, 6.07) is 5.99. The highest BCUT2D eigenvalue weighted by atomic mass is 19.1. The van der Waals surface area contributed by atoms with Gasteiger partial charge in [0.1, 0.15) is 5.82 Å². The Kier molecular flexibility index (Phi) is 5.88. The molecule has 144 valence electrons. The number of hydrogen-bond donors (Lipinski definition) is 2. The molecule has 6 nitrogen and oxygen atoms in total. The van der Waals surface area contributed by atoms with E-state index in [0.29, 0.717) is 25.4 Å². The Morgan fingerprint density at radius 3 is 2.74 bits per heavy atom. The number of para-hydroxylation sites is 1. The molecule has 1 aromatic carbocycles. The van der Waals surface area contributed by atoms with E-state index in [2.05, 4.69) is 29.5 Å². The lowest BCUT2D eigenvalue weighted by Gasteiger charge is -2.17. The molecule has 0 atom stereocenters. The van der Waals surface area contributed by atoms with Crippen LogP contribution < -0.4 is 10.6 Å². The van der Waals surface area contributed by atoms with Crippen LogP contribution in [0.4, 0.5) is 10.1 Å². The van der Waals surface area contributed by atoms with E-state index in [-0.39, 0.29) is 23.1 Å². The molecule has 2 aromatic rings. The van der Waals surface area contributed by atoms with Gasteiger partial charge in [0, 0.05) is 13.1 Å². The second-order valence-corrected chi connectivity index (χ2v) is 7.21. The molecule has 0 radical (unpaired) electrons. The number of carbonyl (C=O) groups is 2. The van der Waals surface area contributed by atoms with Crippen molar-refractivity contribution in [2.24, 2.45) is 5.92 Å². The van der Waals surface area contributed by atoms with E-state index in [9.17, 15) is 14.0 Å². The number of imidazole rings is 1. The van der Waals surface area contributed by atoms with Gasteiger partial charge in [-0.1, -0.05) is 26.0 Å². The number of amides is 2. The number of nitrogens with one attached hydrogen (secondary N) is 2. The van der Waals surface area contributed by atoms with Crippen LogP contribution in [-0.4, -0.2) is 27.9 Å². The zero-order valence-corrected chi connectivity index (χ0v) is 15.7. The maximum absolute atomic E-state index is 13.8. The van der Waals surface area contributed by atoms with Crippen molar-refractivity contribution in [3.8, 4) is 0 Å². The molecule has 1 aromatic heterocycles. The quantitative estimate of drug-likeness (QED) is 0.816. The summed E-state index contributed by atoms with van der Waals surface area (Å²) in [7, 11) is 0. The molecule has 0 spiro atoms. The lowest BCUT2D eigenvalue weighted by Crippen LogP contribution is -2.29. The first-order chi connectivity index (χ1) is 13.0. The number of halogens is 1. The Morgan fingerprint density at radius 2 is 2.00 bits per heavy atom. The fraction of sp³-hybridized carbons (Fsp3) is 0.450. The summed E-state index contributed by atoms with van der Waals surface area (Å²) in [5, 5.41) is 5.44. The van der Waals surface area contributed by atoms with Crippen LogP contribution in [0.3, 0.4) is 0 Å². The summed E-state index contributed by atoms with van der Waals surface area (Å²) in [5.41, 5.74) is 1.04. The van der Waals surface area contributed by atoms with Gasteiger partial charge in [0.05, 0.1) is 11.4 Å². The van der Waals surface area contributed by atoms with Crippen molar-refractivity contribution in [1.29, 1.82) is 0 Å². The molecule has 0 aliphatic carbocycles. The Bertz CT molecular complexity index is 845. The number of anilines is 1. The summed E-state index contributed by atoms with van der Waals surface area (Å²) in [5.74, 6) is -0.532. The van der Waals surface area contributed by atoms with Gasteiger partial charge in [-0.25, -0.2) is 9.37 Å². The van der Waals surface area contributed by atoms with E-state index in [1.54, 1.807) is 12.1 Å². The summed E-state index contributed by atoms with van der Waals surface area (Å²) in [6.45, 7) is 5.40. The van der Waals surface area contributed by atoms with Crippen molar-refractivity contribution < 1.29 is 14.0 Å². The second kappa shape index (κ2) is 8.33. The minimum absolute atomic E-state index is 0.1000. The van der Waals surface area contributed by atoms with Gasteiger partial charge in [0.25, 0.3) is 11.8 Å². The number of hydrogen-bond acceptors (Lipinski definition) is 3. The molecule has 0 saturated heterocycles. The summed E-state index contributed by atoms with van der Waals surface area (Å²) in [6.07, 6.45) is 3.41. The van der Waals surface area contributed by atoms with Crippen molar-refractivity contribution in [1.82, 2.24) is 14.9 Å². The van der Waals surface area contributed by atoms with Crippen LogP contribution in [0.25, 0.3) is 0 Å². The molecule has 0 fully saturated rings. The van der Waals surface area contributed by atoms with Gasteiger partial charge in [0.15, 0.2) is 11.5 Å². The van der Waals surface area contributed by atoms with E-state index >= 15 is 0 Å². The van der Waals surface area contributed by atoms with E-state index in [1.165, 1.54) is 12.1 Å². The molecular weight excluding hydrogens is 347 g/mol. The van der Waals surface area contributed by atoms with Crippen molar-refractivity contribution in [2.45, 2.75) is 46.1 Å². The molecule has 7 heteroatoms. The maximum atomic E-state index is 13.8. The molecule has 27 heavy (non-hydrogen) atoms. The molecule has 2 N–H and O–H groups in total. The number of fused-ring (bicyclic) bond motifs is 1. The molecule has 1 aliphatic rings. The molecule has 0 bridgehead atoms. The number of nitrogens with zero attached hydrogens (tertiary/aromatic N) is 2. The Labute approximate surface area is 158 Å². The van der Waals surface area contributed by atoms with E-state index in [1.807, 2.05) is 4.57 Å². The Balaban J connectivity index is 1.83. The Hall–Kier alpha value is -2.70. The summed E-state index contributed by atoms with van der Waals surface area (Å²) >= 11 is 0. The molecule has 0 saturated carbocycles. The van der Waals surface area contributed by atoms with Gasteiger partial charge < -0.3 is 15.2 Å². The smallest absolute Gasteiger partial charge is 0.287 e. The predicted molar refractivity (Wildman–Crippen MR) is 101 cm³/mol. The zero-order valence-electron chi connectivity index (χ0n) is 15.7. The lowest BCUT2D eigenvalue weighted by atomic mass is 10.1. The van der Waals surface area contributed by atoms with Gasteiger partial charge >= 0.3 is 0 Å². The van der Waals surface area contributed by atoms with Crippen LogP contribution in [0.1, 0.15) is 59.9 Å². The maximum Gasteiger partial charge on any atom is 0.287 e. The van der Waals surface area contributed by atoms with E-state index in [4.69, 9.17) is 0 Å². The summed E-state index contributed by atoms with van der Waals surface area (Å²) in [4.78, 5) is 29.6. The first-order valence-corrected chi connectivity index (χ1v) is 9.41. The standard InChI is InChI=1S/C20H25FN4O2/c1-13(2)10-11-22-20(27)18-24-17(16-9-5-6-12-25(16)18)19(26)23-15-8-4-3-7-14(15)21/h3-4,7-8,13H,5-6,9-12H2,1-2H3,(H,22,27)(H,23,26). The lowest BCUT2D eigenvalue weighted by molar-refractivity contribution is 0.0936. The molecule has 2 amide bonds. The third-order valence-electron chi connectivity index (χ3n) is 4.67. The zero-order chi connectivity index (χ0) is 19.4. The SMILES string of the molecule is CC(C)CCNC(=O)c1nc(C(=O)Nc2ccccc2F)c2n1CCCC2. The van der Waals surface area contributed by atoms with Crippen molar-refractivity contribution in [3.05, 3.63) is 47.3 Å². The predicted octanol–water partition coefficient (Wildman–Crippen LogP) is 3.39. The van der Waals surface area contributed by atoms with Crippen LogP contribution in [0.5, 0.6) is 0 Å². The van der Waals surface area contributed by atoms with Crippen molar-refractivity contribution in [2.75, 3.05) is 11.9 Å². The molecule has 0 unspecified atom stereocenters. The van der Waals surface area contributed by atoms with Gasteiger partial charge in [0.2, 0.25) is 0 Å². The minimum atomic E-state index is -0.509. The van der Waals surface area contributed by atoms with Gasteiger partial charge in [-0.3, -0.25) is 9.59 Å². The minimum Gasteiger partial charge on any atom is -0.349 e. The van der Waals surface area contributed by atoms with Gasteiger partial charge in [-0.15, -0.1) is 0 Å². The Morgan fingerprint density at radius 1 is 1.22 bits per heavy atom. The average molecular weight is 372 g/mol. The molecule has 1 aliphatic heterocycles. The van der Waals surface area contributed by atoms with Crippen molar-refractivity contribution in [3.63, 3.8) is 0 Å². The second-order valence-electron chi connectivity index (χ2n) is 7.21. The third-order valence-corrected chi connectivity index (χ3v) is 4.67. The van der Waals surface area contributed by atoms with Gasteiger partial charge in [-0.05, 0) is 43.7 Å². The van der Waals surface area contributed by atoms with Crippen LogP contribution in [0.2, 0.25) is 0 Å². The highest BCUT2D eigenvalue weighted by Gasteiger charge is 2.27. The molecule has 3 rings (SSSR count). The van der Waals surface area contributed by atoms with Crippen LogP contribution in [-0.2, 0) is 13.0 Å².